The summed E-state index contributed by atoms with van der Waals surface area (Å²) < 4.78 is 5.47. The third kappa shape index (κ3) is 3.57. The molecule has 0 saturated carbocycles. The van der Waals surface area contributed by atoms with Gasteiger partial charge in [0.2, 0.25) is 5.91 Å². The number of allylic oxidation sites excluding steroid dienone is 1. The number of nitriles is 1. The first-order chi connectivity index (χ1) is 14.0. The highest BCUT2D eigenvalue weighted by Gasteiger charge is 2.39. The Morgan fingerprint density at radius 1 is 1.28 bits per heavy atom. The molecule has 1 amide bonds. The number of methoxy groups -OCH3 is 1. The number of benzene rings is 2. The quantitative estimate of drug-likeness (QED) is 0.701. The van der Waals surface area contributed by atoms with E-state index in [0.717, 1.165) is 21.8 Å². The first kappa shape index (κ1) is 19.7. The number of fused-ring (bicyclic) bond motifs is 1. The van der Waals surface area contributed by atoms with Gasteiger partial charge in [0, 0.05) is 28.6 Å². The van der Waals surface area contributed by atoms with E-state index in [0.29, 0.717) is 28.9 Å². The maximum atomic E-state index is 13.0. The molecule has 0 bridgehead atoms. The fourth-order valence-corrected chi connectivity index (χ4v) is 5.07. The van der Waals surface area contributed by atoms with E-state index < -0.39 is 0 Å². The predicted molar refractivity (Wildman–Crippen MR) is 116 cm³/mol. The lowest BCUT2D eigenvalue weighted by Gasteiger charge is -2.42. The SMILES string of the molecule is COc1ccccc1[C@@H]1CC(=O)N2CN(c3ccc(C)c(Cl)c3)CSC2=C1C#N. The second-order valence-corrected chi connectivity index (χ2v) is 8.38. The van der Waals surface area contributed by atoms with Crippen molar-refractivity contribution in [2.75, 3.05) is 24.6 Å². The number of anilines is 1. The minimum atomic E-state index is -0.289. The Morgan fingerprint density at radius 2 is 2.07 bits per heavy atom. The number of hydrogen-bond donors (Lipinski definition) is 0. The summed E-state index contributed by atoms with van der Waals surface area (Å²) in [7, 11) is 1.61. The number of thioether (sulfide) groups is 1. The summed E-state index contributed by atoms with van der Waals surface area (Å²) in [6.07, 6.45) is 0.246. The molecule has 29 heavy (non-hydrogen) atoms. The minimum absolute atomic E-state index is 0.00492. The Bertz CT molecular complexity index is 1050. The van der Waals surface area contributed by atoms with Gasteiger partial charge in [0.05, 0.1) is 36.3 Å². The minimum Gasteiger partial charge on any atom is -0.496 e. The smallest absolute Gasteiger partial charge is 0.229 e. The third-order valence-corrected chi connectivity index (χ3v) is 6.89. The molecule has 0 radical (unpaired) electrons. The van der Waals surface area contributed by atoms with Crippen LogP contribution in [-0.2, 0) is 4.79 Å². The van der Waals surface area contributed by atoms with Crippen LogP contribution >= 0.6 is 23.4 Å². The average Bonchev–Trinajstić information content (AvgIpc) is 2.75. The van der Waals surface area contributed by atoms with Crippen molar-refractivity contribution < 1.29 is 9.53 Å². The second-order valence-electron chi connectivity index (χ2n) is 7.04. The van der Waals surface area contributed by atoms with Crippen LogP contribution in [0, 0.1) is 18.3 Å². The number of carbonyl (C=O) groups excluding carboxylic acids is 1. The van der Waals surface area contributed by atoms with Crippen LogP contribution in [0.25, 0.3) is 0 Å². The lowest BCUT2D eigenvalue weighted by atomic mass is 9.86. The first-order valence-electron chi connectivity index (χ1n) is 9.25. The number of para-hydroxylation sites is 1. The number of halogens is 1. The predicted octanol–water partition coefficient (Wildman–Crippen LogP) is 4.88. The van der Waals surface area contributed by atoms with Crippen molar-refractivity contribution in [3.8, 4) is 11.8 Å². The van der Waals surface area contributed by atoms with E-state index in [-0.39, 0.29) is 18.2 Å². The van der Waals surface area contributed by atoms with Crippen molar-refractivity contribution in [3.63, 3.8) is 0 Å². The lowest BCUT2D eigenvalue weighted by Crippen LogP contribution is -2.47. The molecular weight excluding hydrogens is 406 g/mol. The standard InChI is InChI=1S/C22H20ClN3O2S/c1-14-7-8-15(9-19(14)23)25-12-26-21(27)10-17(18(11-24)22(26)29-13-25)16-5-3-4-6-20(16)28-2/h3-9,17H,10,12-13H2,1-2H3/t17-/m0/s1. The van der Waals surface area contributed by atoms with Gasteiger partial charge in [0.25, 0.3) is 0 Å². The third-order valence-electron chi connectivity index (χ3n) is 5.33. The largest absolute Gasteiger partial charge is 0.496 e. The molecule has 2 aromatic rings. The van der Waals surface area contributed by atoms with Crippen LogP contribution in [-0.4, -0.2) is 30.5 Å². The summed E-state index contributed by atoms with van der Waals surface area (Å²) in [6.45, 7) is 2.37. The molecule has 1 saturated heterocycles. The molecule has 0 unspecified atom stereocenters. The Morgan fingerprint density at radius 3 is 2.79 bits per heavy atom. The first-order valence-corrected chi connectivity index (χ1v) is 10.6. The fourth-order valence-electron chi connectivity index (χ4n) is 3.72. The number of amides is 1. The van der Waals surface area contributed by atoms with Gasteiger partial charge in [-0.2, -0.15) is 5.26 Å². The van der Waals surface area contributed by atoms with Crippen molar-refractivity contribution in [2.24, 2.45) is 0 Å². The van der Waals surface area contributed by atoms with E-state index >= 15 is 0 Å². The average molecular weight is 426 g/mol. The number of nitrogens with zero attached hydrogens (tertiary/aromatic N) is 3. The molecule has 2 aliphatic rings. The second kappa shape index (κ2) is 8.02. The summed E-state index contributed by atoms with van der Waals surface area (Å²) in [5.74, 6) is 1.06. The zero-order valence-corrected chi connectivity index (χ0v) is 17.8. The van der Waals surface area contributed by atoms with Gasteiger partial charge in [-0.25, -0.2) is 0 Å². The zero-order chi connectivity index (χ0) is 20.5. The molecular formula is C22H20ClN3O2S. The number of ether oxygens (including phenoxy) is 1. The van der Waals surface area contributed by atoms with E-state index in [9.17, 15) is 10.1 Å². The molecule has 5 nitrogen and oxygen atoms in total. The molecule has 7 heteroatoms. The number of aryl methyl sites for hydroxylation is 1. The zero-order valence-electron chi connectivity index (χ0n) is 16.2. The Kier molecular flexibility index (Phi) is 5.44. The van der Waals surface area contributed by atoms with Crippen molar-refractivity contribution >= 4 is 35.0 Å². The molecule has 148 valence electrons. The molecule has 2 heterocycles. The van der Waals surface area contributed by atoms with Crippen LogP contribution in [0.5, 0.6) is 5.75 Å². The van der Waals surface area contributed by atoms with Crippen molar-refractivity contribution in [3.05, 3.63) is 69.2 Å². The van der Waals surface area contributed by atoms with E-state index in [4.69, 9.17) is 16.3 Å². The summed E-state index contributed by atoms with van der Waals surface area (Å²) in [5, 5.41) is 11.4. The number of hydrogen-bond acceptors (Lipinski definition) is 5. The van der Waals surface area contributed by atoms with E-state index in [1.54, 1.807) is 12.0 Å². The van der Waals surface area contributed by atoms with Gasteiger partial charge in [-0.15, -0.1) is 0 Å². The van der Waals surface area contributed by atoms with Gasteiger partial charge in [0.15, 0.2) is 0 Å². The molecule has 0 aliphatic carbocycles. The number of rotatable bonds is 3. The van der Waals surface area contributed by atoms with Crippen LogP contribution in [0.1, 0.15) is 23.5 Å². The van der Waals surface area contributed by atoms with Crippen LogP contribution in [0.3, 0.4) is 0 Å². The van der Waals surface area contributed by atoms with Crippen LogP contribution in [0.2, 0.25) is 5.02 Å². The van der Waals surface area contributed by atoms with Crippen LogP contribution in [0.4, 0.5) is 5.69 Å². The monoisotopic (exact) mass is 425 g/mol. The van der Waals surface area contributed by atoms with Crippen molar-refractivity contribution in [2.45, 2.75) is 19.3 Å². The summed E-state index contributed by atoms with van der Waals surface area (Å²) >= 11 is 7.79. The fraction of sp³-hybridized carbons (Fsp3) is 0.273. The topological polar surface area (TPSA) is 56.6 Å². The molecule has 0 N–H and O–H groups in total. The van der Waals surface area contributed by atoms with Gasteiger partial charge in [-0.1, -0.05) is 47.6 Å². The molecule has 2 aliphatic heterocycles. The van der Waals surface area contributed by atoms with Gasteiger partial charge >= 0.3 is 0 Å². The normalized spacial score (nSPS) is 19.1. The Hall–Kier alpha value is -2.62. The molecule has 1 fully saturated rings. The van der Waals surface area contributed by atoms with Crippen LogP contribution < -0.4 is 9.64 Å². The van der Waals surface area contributed by atoms with Gasteiger partial charge in [-0.3, -0.25) is 9.69 Å². The van der Waals surface area contributed by atoms with E-state index in [2.05, 4.69) is 11.0 Å². The molecule has 2 aromatic carbocycles. The molecule has 0 spiro atoms. The van der Waals surface area contributed by atoms with Gasteiger partial charge in [-0.05, 0) is 30.7 Å². The van der Waals surface area contributed by atoms with Crippen molar-refractivity contribution in [1.29, 1.82) is 5.26 Å². The van der Waals surface area contributed by atoms with Crippen LogP contribution in [0.15, 0.2) is 53.1 Å². The van der Waals surface area contributed by atoms with Gasteiger partial charge < -0.3 is 9.64 Å². The summed E-state index contributed by atoms with van der Waals surface area (Å²) in [6, 6.07) is 15.9. The van der Waals surface area contributed by atoms with Gasteiger partial charge in [0.1, 0.15) is 5.75 Å². The summed E-state index contributed by atoms with van der Waals surface area (Å²) in [5.41, 5.74) is 3.48. The maximum absolute atomic E-state index is 13.0. The highest BCUT2D eigenvalue weighted by molar-refractivity contribution is 8.03. The molecule has 0 aromatic heterocycles. The Labute approximate surface area is 179 Å². The van der Waals surface area contributed by atoms with E-state index in [1.165, 1.54) is 11.8 Å². The van der Waals surface area contributed by atoms with E-state index in [1.807, 2.05) is 49.4 Å². The highest BCUT2D eigenvalue weighted by Crippen LogP contribution is 2.45. The number of carbonyl (C=O) groups is 1. The molecule has 1 atom stereocenters. The highest BCUT2D eigenvalue weighted by atomic mass is 35.5. The Balaban J connectivity index is 1.68. The lowest BCUT2D eigenvalue weighted by molar-refractivity contribution is -0.129. The van der Waals surface area contributed by atoms with Crippen molar-refractivity contribution in [1.82, 2.24) is 4.90 Å². The summed E-state index contributed by atoms with van der Waals surface area (Å²) in [4.78, 5) is 16.9. The maximum Gasteiger partial charge on any atom is 0.229 e. The molecule has 4 rings (SSSR count).